The van der Waals surface area contributed by atoms with E-state index in [9.17, 15) is 4.79 Å². The summed E-state index contributed by atoms with van der Waals surface area (Å²) in [7, 11) is 0. The summed E-state index contributed by atoms with van der Waals surface area (Å²) in [5.41, 5.74) is 5.12. The zero-order valence-electron chi connectivity index (χ0n) is 11.4. The molecule has 0 aromatic heterocycles. The minimum absolute atomic E-state index is 0.171. The smallest absolute Gasteiger partial charge is 0.410 e. The molecule has 17 heavy (non-hydrogen) atoms. The normalized spacial score (nSPS) is 21.4. The van der Waals surface area contributed by atoms with Crippen molar-refractivity contribution >= 4 is 6.09 Å². The summed E-state index contributed by atoms with van der Waals surface area (Å²) in [6.07, 6.45) is 4.28. The Bertz CT molecular complexity index is 248. The average Bonchev–Trinajstić information content (AvgIpc) is 2.24. The van der Waals surface area contributed by atoms with Gasteiger partial charge in [0.2, 0.25) is 0 Å². The summed E-state index contributed by atoms with van der Waals surface area (Å²) in [5, 5.41) is 0. The predicted molar refractivity (Wildman–Crippen MR) is 68.8 cm³/mol. The number of carbonyl (C=O) groups is 1. The molecule has 1 unspecified atom stereocenters. The van der Waals surface area contributed by atoms with Gasteiger partial charge in [-0.15, -0.1) is 0 Å². The van der Waals surface area contributed by atoms with Crippen LogP contribution in [0, 0.1) is 5.92 Å². The van der Waals surface area contributed by atoms with Crippen LogP contribution in [0.25, 0.3) is 0 Å². The van der Waals surface area contributed by atoms with Crippen LogP contribution in [0.2, 0.25) is 0 Å². The highest BCUT2D eigenvalue weighted by Gasteiger charge is 2.27. The van der Waals surface area contributed by atoms with E-state index in [4.69, 9.17) is 10.5 Å². The maximum atomic E-state index is 11.9. The van der Waals surface area contributed by atoms with Crippen LogP contribution in [0.5, 0.6) is 0 Å². The first-order chi connectivity index (χ1) is 7.92. The summed E-state index contributed by atoms with van der Waals surface area (Å²) in [4.78, 5) is 13.8. The minimum Gasteiger partial charge on any atom is -0.444 e. The number of rotatable bonds is 3. The molecule has 2 N–H and O–H groups in total. The number of likely N-dealkylation sites (tertiary alicyclic amines) is 1. The molecule has 0 aliphatic carbocycles. The average molecular weight is 242 g/mol. The van der Waals surface area contributed by atoms with Crippen molar-refractivity contribution in [2.45, 2.75) is 52.1 Å². The third kappa shape index (κ3) is 5.39. The lowest BCUT2D eigenvalue weighted by Gasteiger charge is -2.34. The molecule has 1 aliphatic rings. The van der Waals surface area contributed by atoms with Crippen LogP contribution in [-0.4, -0.2) is 36.2 Å². The summed E-state index contributed by atoms with van der Waals surface area (Å²) in [6.45, 7) is 8.11. The number of nitrogens with zero attached hydrogens (tertiary/aromatic N) is 1. The Morgan fingerprint density at radius 2 is 2.18 bits per heavy atom. The molecule has 0 aromatic rings. The maximum absolute atomic E-state index is 11.9. The lowest BCUT2D eigenvalue weighted by atomic mass is 9.94. The molecule has 1 rings (SSSR count). The fourth-order valence-electron chi connectivity index (χ4n) is 2.20. The van der Waals surface area contributed by atoms with Gasteiger partial charge in [0.25, 0.3) is 0 Å². The quantitative estimate of drug-likeness (QED) is 0.826. The van der Waals surface area contributed by atoms with E-state index < -0.39 is 5.60 Å². The fourth-order valence-corrected chi connectivity index (χ4v) is 2.20. The number of carbonyl (C=O) groups excluding carboxylic acids is 1. The molecule has 1 heterocycles. The van der Waals surface area contributed by atoms with Gasteiger partial charge in [-0.25, -0.2) is 4.79 Å². The first-order valence-corrected chi connectivity index (χ1v) is 6.60. The fraction of sp³-hybridized carbons (Fsp3) is 0.923. The van der Waals surface area contributed by atoms with E-state index in [1.54, 1.807) is 0 Å². The van der Waals surface area contributed by atoms with Crippen molar-refractivity contribution in [3.05, 3.63) is 0 Å². The number of ether oxygens (including phenoxy) is 1. The summed E-state index contributed by atoms with van der Waals surface area (Å²) in [5.74, 6) is 0.597. The van der Waals surface area contributed by atoms with Crippen LogP contribution in [-0.2, 0) is 4.74 Å². The highest BCUT2D eigenvalue weighted by atomic mass is 16.6. The molecule has 0 radical (unpaired) electrons. The standard InChI is InChI=1S/C13H26N2O2/c1-13(2,3)17-12(16)15-9-5-7-11(10-15)6-4-8-14/h11H,4-10,14H2,1-3H3. The molecule has 0 spiro atoms. The number of nitrogens with two attached hydrogens (primary N) is 1. The molecule has 0 aromatic carbocycles. The molecule has 1 fully saturated rings. The van der Waals surface area contributed by atoms with Crippen LogP contribution in [0.15, 0.2) is 0 Å². The van der Waals surface area contributed by atoms with Gasteiger partial charge in [0.05, 0.1) is 0 Å². The Morgan fingerprint density at radius 1 is 1.47 bits per heavy atom. The Labute approximate surface area is 104 Å². The number of piperidine rings is 1. The Kier molecular flexibility index (Phi) is 5.25. The first kappa shape index (κ1) is 14.3. The van der Waals surface area contributed by atoms with Gasteiger partial charge in [-0.2, -0.15) is 0 Å². The van der Waals surface area contributed by atoms with Gasteiger partial charge in [0.1, 0.15) is 5.60 Å². The second kappa shape index (κ2) is 6.24. The Hall–Kier alpha value is -0.770. The molecule has 0 saturated carbocycles. The van der Waals surface area contributed by atoms with Crippen LogP contribution < -0.4 is 5.73 Å². The third-order valence-corrected chi connectivity index (χ3v) is 2.99. The largest absolute Gasteiger partial charge is 0.444 e. The van der Waals surface area contributed by atoms with E-state index in [1.807, 2.05) is 25.7 Å². The van der Waals surface area contributed by atoms with Gasteiger partial charge in [-0.3, -0.25) is 0 Å². The van der Waals surface area contributed by atoms with E-state index in [0.717, 1.165) is 38.9 Å². The second-order valence-corrected chi connectivity index (χ2v) is 5.87. The summed E-state index contributed by atoms with van der Waals surface area (Å²) >= 11 is 0. The molecule has 100 valence electrons. The number of hydrogen-bond acceptors (Lipinski definition) is 3. The van der Waals surface area contributed by atoms with Crippen molar-refractivity contribution in [1.29, 1.82) is 0 Å². The predicted octanol–water partition coefficient (Wildman–Crippen LogP) is 2.37. The van der Waals surface area contributed by atoms with Crippen LogP contribution in [0.1, 0.15) is 46.5 Å². The van der Waals surface area contributed by atoms with Gasteiger partial charge in [-0.05, 0) is 58.9 Å². The second-order valence-electron chi connectivity index (χ2n) is 5.87. The number of amides is 1. The van der Waals surface area contributed by atoms with Crippen LogP contribution >= 0.6 is 0 Å². The third-order valence-electron chi connectivity index (χ3n) is 2.99. The molecule has 1 saturated heterocycles. The zero-order valence-corrected chi connectivity index (χ0v) is 11.4. The van der Waals surface area contributed by atoms with Crippen molar-refractivity contribution in [3.63, 3.8) is 0 Å². The Balaban J connectivity index is 2.40. The van der Waals surface area contributed by atoms with E-state index in [0.29, 0.717) is 5.92 Å². The van der Waals surface area contributed by atoms with E-state index in [1.165, 1.54) is 6.42 Å². The molecule has 4 nitrogen and oxygen atoms in total. The van der Waals surface area contributed by atoms with Crippen molar-refractivity contribution in [1.82, 2.24) is 4.90 Å². The van der Waals surface area contributed by atoms with E-state index in [2.05, 4.69) is 0 Å². The SMILES string of the molecule is CC(C)(C)OC(=O)N1CCCC(CCCN)C1. The summed E-state index contributed by atoms with van der Waals surface area (Å²) in [6, 6.07) is 0. The molecular formula is C13H26N2O2. The van der Waals surface area contributed by atoms with Gasteiger partial charge in [0.15, 0.2) is 0 Å². The molecular weight excluding hydrogens is 216 g/mol. The van der Waals surface area contributed by atoms with Gasteiger partial charge in [-0.1, -0.05) is 0 Å². The minimum atomic E-state index is -0.402. The molecule has 1 aliphatic heterocycles. The lowest BCUT2D eigenvalue weighted by molar-refractivity contribution is 0.0161. The summed E-state index contributed by atoms with van der Waals surface area (Å²) < 4.78 is 5.39. The first-order valence-electron chi connectivity index (χ1n) is 6.60. The lowest BCUT2D eigenvalue weighted by Crippen LogP contribution is -2.42. The molecule has 1 atom stereocenters. The van der Waals surface area contributed by atoms with Crippen molar-refractivity contribution in [3.8, 4) is 0 Å². The van der Waals surface area contributed by atoms with Crippen molar-refractivity contribution in [2.24, 2.45) is 11.7 Å². The van der Waals surface area contributed by atoms with E-state index in [-0.39, 0.29) is 6.09 Å². The Morgan fingerprint density at radius 3 is 2.76 bits per heavy atom. The maximum Gasteiger partial charge on any atom is 0.410 e. The number of hydrogen-bond donors (Lipinski definition) is 1. The molecule has 4 heteroatoms. The van der Waals surface area contributed by atoms with Gasteiger partial charge >= 0.3 is 6.09 Å². The van der Waals surface area contributed by atoms with Crippen LogP contribution in [0.3, 0.4) is 0 Å². The van der Waals surface area contributed by atoms with Gasteiger partial charge < -0.3 is 15.4 Å². The molecule has 0 bridgehead atoms. The molecule has 1 amide bonds. The van der Waals surface area contributed by atoms with Crippen LogP contribution in [0.4, 0.5) is 4.79 Å². The highest BCUT2D eigenvalue weighted by molar-refractivity contribution is 5.68. The van der Waals surface area contributed by atoms with E-state index >= 15 is 0 Å². The van der Waals surface area contributed by atoms with Gasteiger partial charge in [0, 0.05) is 13.1 Å². The monoisotopic (exact) mass is 242 g/mol. The highest BCUT2D eigenvalue weighted by Crippen LogP contribution is 2.22. The zero-order chi connectivity index (χ0) is 12.9. The van der Waals surface area contributed by atoms with Crippen molar-refractivity contribution < 1.29 is 9.53 Å². The van der Waals surface area contributed by atoms with Crippen molar-refractivity contribution in [2.75, 3.05) is 19.6 Å². The topological polar surface area (TPSA) is 55.6 Å².